The summed E-state index contributed by atoms with van der Waals surface area (Å²) in [6, 6.07) is 0.694. The molecule has 4 nitrogen and oxygen atoms in total. The van der Waals surface area contributed by atoms with E-state index < -0.39 is 0 Å². The zero-order chi connectivity index (χ0) is 11.4. The van der Waals surface area contributed by atoms with Gasteiger partial charge in [0.05, 0.1) is 18.8 Å². The molecule has 86 valence electrons. The Morgan fingerprint density at radius 1 is 1.40 bits per heavy atom. The minimum absolute atomic E-state index is 0.0162. The predicted octanol–water partition coefficient (Wildman–Crippen LogP) is 1.50. The second-order valence-electron chi connectivity index (χ2n) is 4.40. The van der Waals surface area contributed by atoms with Gasteiger partial charge in [0.2, 0.25) is 0 Å². The van der Waals surface area contributed by atoms with E-state index in [1.54, 1.807) is 0 Å². The highest BCUT2D eigenvalue weighted by molar-refractivity contribution is 5.11. The van der Waals surface area contributed by atoms with Crippen molar-refractivity contribution in [3.05, 3.63) is 18.0 Å². The molecule has 0 aliphatic rings. The average molecular weight is 211 g/mol. The molecule has 1 aromatic heterocycles. The van der Waals surface area contributed by atoms with E-state index in [-0.39, 0.29) is 12.6 Å². The van der Waals surface area contributed by atoms with E-state index >= 15 is 0 Å². The molecule has 15 heavy (non-hydrogen) atoms. The van der Waals surface area contributed by atoms with E-state index in [9.17, 15) is 5.11 Å². The first kappa shape index (κ1) is 12.2. The molecule has 0 aliphatic heterocycles. The fourth-order valence-electron chi connectivity index (χ4n) is 1.47. The van der Waals surface area contributed by atoms with Gasteiger partial charge in [-0.3, -0.25) is 4.68 Å². The third-order valence-corrected chi connectivity index (χ3v) is 2.27. The number of aromatic nitrogens is 2. The lowest BCUT2D eigenvalue weighted by Crippen LogP contribution is -2.30. The van der Waals surface area contributed by atoms with Gasteiger partial charge in [0.1, 0.15) is 0 Å². The fraction of sp³-hybridized carbons (Fsp3) is 0.727. The highest BCUT2D eigenvalue weighted by Crippen LogP contribution is 2.14. The normalized spacial score (nSPS) is 13.8. The van der Waals surface area contributed by atoms with E-state index in [0.29, 0.717) is 12.1 Å². The van der Waals surface area contributed by atoms with Crippen LogP contribution < -0.4 is 5.32 Å². The van der Waals surface area contributed by atoms with Crippen LogP contribution in [0.15, 0.2) is 12.4 Å². The Bertz CT molecular complexity index is 294. The molecular formula is C11H21N3O. The van der Waals surface area contributed by atoms with Gasteiger partial charge in [0, 0.05) is 23.8 Å². The van der Waals surface area contributed by atoms with Crippen molar-refractivity contribution in [1.29, 1.82) is 0 Å². The highest BCUT2D eigenvalue weighted by atomic mass is 16.3. The number of rotatable bonds is 5. The molecule has 1 unspecified atom stereocenters. The first-order valence-corrected chi connectivity index (χ1v) is 5.45. The molecule has 0 spiro atoms. The van der Waals surface area contributed by atoms with Crippen LogP contribution in [0, 0.1) is 0 Å². The summed E-state index contributed by atoms with van der Waals surface area (Å²) in [5, 5.41) is 16.8. The largest absolute Gasteiger partial charge is 0.394 e. The summed E-state index contributed by atoms with van der Waals surface area (Å²) in [5.41, 5.74) is 1.04. The molecule has 4 heteroatoms. The molecule has 1 aromatic rings. The summed E-state index contributed by atoms with van der Waals surface area (Å²) >= 11 is 0. The van der Waals surface area contributed by atoms with E-state index in [1.165, 1.54) is 0 Å². The van der Waals surface area contributed by atoms with Crippen LogP contribution in [0.5, 0.6) is 0 Å². The molecular weight excluding hydrogens is 190 g/mol. The number of hydrogen-bond acceptors (Lipinski definition) is 3. The van der Waals surface area contributed by atoms with Crippen LogP contribution in [0.25, 0.3) is 0 Å². The topological polar surface area (TPSA) is 50.1 Å². The zero-order valence-electron chi connectivity index (χ0n) is 9.94. The molecule has 1 atom stereocenters. The van der Waals surface area contributed by atoms with Gasteiger partial charge in [-0.2, -0.15) is 5.10 Å². The lowest BCUT2D eigenvalue weighted by molar-refractivity contribution is 0.237. The first-order valence-electron chi connectivity index (χ1n) is 5.45. The monoisotopic (exact) mass is 211 g/mol. The second kappa shape index (κ2) is 5.28. The molecule has 0 amide bonds. The van der Waals surface area contributed by atoms with E-state index in [0.717, 1.165) is 5.56 Å². The molecule has 0 saturated heterocycles. The van der Waals surface area contributed by atoms with Crippen LogP contribution in [-0.2, 0) is 0 Å². The van der Waals surface area contributed by atoms with Crippen molar-refractivity contribution in [2.75, 3.05) is 6.61 Å². The molecule has 0 radical (unpaired) electrons. The summed E-state index contributed by atoms with van der Waals surface area (Å²) in [7, 11) is 0. The number of hydrogen-bond donors (Lipinski definition) is 2. The molecule has 0 fully saturated rings. The molecule has 1 heterocycles. The zero-order valence-corrected chi connectivity index (χ0v) is 9.94. The Morgan fingerprint density at radius 3 is 2.47 bits per heavy atom. The second-order valence-corrected chi connectivity index (χ2v) is 4.40. The third-order valence-electron chi connectivity index (χ3n) is 2.27. The SMILES string of the molecule is CC(C)NC(CO)c1cnn(C(C)C)c1. The first-order chi connectivity index (χ1) is 7.04. The van der Waals surface area contributed by atoms with Gasteiger partial charge in [-0.15, -0.1) is 0 Å². The predicted molar refractivity (Wildman–Crippen MR) is 60.7 cm³/mol. The molecule has 0 saturated carbocycles. The number of aliphatic hydroxyl groups excluding tert-OH is 1. The van der Waals surface area contributed by atoms with Crippen LogP contribution in [0.2, 0.25) is 0 Å². The maximum absolute atomic E-state index is 9.28. The van der Waals surface area contributed by atoms with E-state index in [4.69, 9.17) is 0 Å². The van der Waals surface area contributed by atoms with Crippen LogP contribution in [0.4, 0.5) is 0 Å². The number of aliphatic hydroxyl groups is 1. The van der Waals surface area contributed by atoms with Crippen LogP contribution in [0.1, 0.15) is 45.3 Å². The summed E-state index contributed by atoms with van der Waals surface area (Å²) in [6.45, 7) is 8.40. The lowest BCUT2D eigenvalue weighted by atomic mass is 10.1. The van der Waals surface area contributed by atoms with Gasteiger partial charge in [-0.05, 0) is 13.8 Å². The maximum Gasteiger partial charge on any atom is 0.0627 e. The fourth-order valence-corrected chi connectivity index (χ4v) is 1.47. The molecule has 2 N–H and O–H groups in total. The number of nitrogens with one attached hydrogen (secondary N) is 1. The Hall–Kier alpha value is -0.870. The Morgan fingerprint density at radius 2 is 2.07 bits per heavy atom. The minimum atomic E-state index is -0.0162. The summed E-state index contributed by atoms with van der Waals surface area (Å²) in [5.74, 6) is 0. The highest BCUT2D eigenvalue weighted by Gasteiger charge is 2.13. The van der Waals surface area contributed by atoms with Crippen molar-refractivity contribution in [2.45, 2.75) is 45.8 Å². The summed E-state index contributed by atoms with van der Waals surface area (Å²) < 4.78 is 1.90. The van der Waals surface area contributed by atoms with Crippen LogP contribution >= 0.6 is 0 Å². The van der Waals surface area contributed by atoms with Crippen LogP contribution in [0.3, 0.4) is 0 Å². The maximum atomic E-state index is 9.28. The Kier molecular flexibility index (Phi) is 4.29. The molecule has 0 aromatic carbocycles. The summed E-state index contributed by atoms with van der Waals surface area (Å²) in [4.78, 5) is 0. The Labute approximate surface area is 91.3 Å². The molecule has 0 aliphatic carbocycles. The molecule has 1 rings (SSSR count). The average Bonchev–Trinajstić information content (AvgIpc) is 2.62. The lowest BCUT2D eigenvalue weighted by Gasteiger charge is -2.17. The van der Waals surface area contributed by atoms with E-state index in [1.807, 2.05) is 17.1 Å². The van der Waals surface area contributed by atoms with Gasteiger partial charge in [0.15, 0.2) is 0 Å². The molecule has 0 bridgehead atoms. The van der Waals surface area contributed by atoms with Crippen molar-refractivity contribution < 1.29 is 5.11 Å². The standard InChI is InChI=1S/C11H21N3O/c1-8(2)13-11(7-15)10-5-12-14(6-10)9(3)4/h5-6,8-9,11,13,15H,7H2,1-4H3. The number of nitrogens with zero attached hydrogens (tertiary/aromatic N) is 2. The summed E-state index contributed by atoms with van der Waals surface area (Å²) in [6.07, 6.45) is 3.80. The van der Waals surface area contributed by atoms with Crippen molar-refractivity contribution in [3.8, 4) is 0 Å². The van der Waals surface area contributed by atoms with Crippen molar-refractivity contribution in [3.63, 3.8) is 0 Å². The van der Waals surface area contributed by atoms with Crippen molar-refractivity contribution >= 4 is 0 Å². The minimum Gasteiger partial charge on any atom is -0.394 e. The van der Waals surface area contributed by atoms with Crippen LogP contribution in [-0.4, -0.2) is 27.5 Å². The van der Waals surface area contributed by atoms with Crippen molar-refractivity contribution in [2.24, 2.45) is 0 Å². The van der Waals surface area contributed by atoms with Gasteiger partial charge < -0.3 is 10.4 Å². The van der Waals surface area contributed by atoms with Crippen molar-refractivity contribution in [1.82, 2.24) is 15.1 Å². The third kappa shape index (κ3) is 3.32. The van der Waals surface area contributed by atoms with Gasteiger partial charge in [-0.1, -0.05) is 13.8 Å². The van der Waals surface area contributed by atoms with E-state index in [2.05, 4.69) is 38.1 Å². The van der Waals surface area contributed by atoms with Gasteiger partial charge in [0.25, 0.3) is 0 Å². The quantitative estimate of drug-likeness (QED) is 0.776. The van der Waals surface area contributed by atoms with Gasteiger partial charge >= 0.3 is 0 Å². The Balaban J connectivity index is 2.74. The van der Waals surface area contributed by atoms with Gasteiger partial charge in [-0.25, -0.2) is 0 Å². The smallest absolute Gasteiger partial charge is 0.0627 e.